The number of anilines is 1. The molecular formula is C16H18Cl2N2O2. The molecule has 118 valence electrons. The van der Waals surface area contributed by atoms with Gasteiger partial charge in [-0.05, 0) is 37.0 Å². The molecule has 1 atom stereocenters. The lowest BCUT2D eigenvalue weighted by Crippen LogP contribution is -2.35. The van der Waals surface area contributed by atoms with Crippen LogP contribution in [0, 0.1) is 5.92 Å². The number of nitrogens with zero attached hydrogens (tertiary/aromatic N) is 1. The van der Waals surface area contributed by atoms with Crippen molar-refractivity contribution in [2.45, 2.75) is 19.3 Å². The fourth-order valence-corrected chi connectivity index (χ4v) is 2.62. The number of rotatable bonds is 5. The summed E-state index contributed by atoms with van der Waals surface area (Å²) >= 11 is 11.7. The molecule has 0 spiro atoms. The Balaban J connectivity index is 1.83. The molecule has 0 unspecified atom stereocenters. The number of likely N-dealkylation sites (N-methyl/N-ethyl adjacent to an activating group) is 1. The average Bonchev–Trinajstić information content (AvgIpc) is 2.95. The second-order valence-electron chi connectivity index (χ2n) is 5.40. The van der Waals surface area contributed by atoms with Gasteiger partial charge in [0.2, 0.25) is 11.8 Å². The number of carbonyl (C=O) groups excluding carboxylic acids is 2. The summed E-state index contributed by atoms with van der Waals surface area (Å²) in [5, 5.41) is 3.50. The van der Waals surface area contributed by atoms with Crippen molar-refractivity contribution >= 4 is 40.7 Å². The third-order valence-electron chi connectivity index (χ3n) is 3.56. The van der Waals surface area contributed by atoms with Crippen molar-refractivity contribution in [1.82, 2.24) is 4.90 Å². The number of benzene rings is 1. The van der Waals surface area contributed by atoms with Gasteiger partial charge >= 0.3 is 0 Å². The van der Waals surface area contributed by atoms with Crippen LogP contribution in [-0.4, -0.2) is 30.3 Å². The maximum Gasteiger partial charge on any atom is 0.243 e. The Bertz CT molecular complexity index is 602. The molecule has 0 saturated heterocycles. The highest BCUT2D eigenvalue weighted by Gasteiger charge is 2.18. The summed E-state index contributed by atoms with van der Waals surface area (Å²) in [6.45, 7) is 0.00944. The lowest BCUT2D eigenvalue weighted by Gasteiger charge is -2.18. The number of carbonyl (C=O) groups is 2. The van der Waals surface area contributed by atoms with Crippen molar-refractivity contribution in [2.24, 2.45) is 5.92 Å². The predicted octanol–water partition coefficient (Wildman–Crippen LogP) is 3.75. The zero-order valence-electron chi connectivity index (χ0n) is 12.3. The van der Waals surface area contributed by atoms with Crippen LogP contribution in [0.5, 0.6) is 0 Å². The lowest BCUT2D eigenvalue weighted by atomic mass is 10.0. The van der Waals surface area contributed by atoms with Crippen molar-refractivity contribution in [3.8, 4) is 0 Å². The van der Waals surface area contributed by atoms with Crippen LogP contribution >= 0.6 is 23.2 Å². The van der Waals surface area contributed by atoms with E-state index in [4.69, 9.17) is 23.2 Å². The van der Waals surface area contributed by atoms with Gasteiger partial charge in [-0.15, -0.1) is 0 Å². The van der Waals surface area contributed by atoms with Gasteiger partial charge in [-0.2, -0.15) is 0 Å². The Labute approximate surface area is 140 Å². The molecule has 0 heterocycles. The van der Waals surface area contributed by atoms with Gasteiger partial charge in [0, 0.05) is 19.2 Å². The predicted molar refractivity (Wildman–Crippen MR) is 89.2 cm³/mol. The van der Waals surface area contributed by atoms with Gasteiger partial charge in [-0.1, -0.05) is 35.4 Å². The number of amides is 2. The maximum atomic E-state index is 12.1. The van der Waals surface area contributed by atoms with E-state index >= 15 is 0 Å². The summed E-state index contributed by atoms with van der Waals surface area (Å²) in [6, 6.07) is 4.85. The van der Waals surface area contributed by atoms with Gasteiger partial charge in [0.05, 0.1) is 16.6 Å². The van der Waals surface area contributed by atoms with Gasteiger partial charge in [-0.3, -0.25) is 9.59 Å². The lowest BCUT2D eigenvalue weighted by molar-refractivity contribution is -0.133. The Morgan fingerprint density at radius 3 is 2.73 bits per heavy atom. The van der Waals surface area contributed by atoms with Crippen LogP contribution in [0.25, 0.3) is 0 Å². The highest BCUT2D eigenvalue weighted by atomic mass is 35.5. The van der Waals surface area contributed by atoms with E-state index in [-0.39, 0.29) is 18.4 Å². The molecule has 0 fully saturated rings. The van der Waals surface area contributed by atoms with Crippen molar-refractivity contribution in [3.05, 3.63) is 40.4 Å². The Morgan fingerprint density at radius 2 is 2.09 bits per heavy atom. The van der Waals surface area contributed by atoms with Gasteiger partial charge in [0.25, 0.3) is 0 Å². The maximum absolute atomic E-state index is 12.1. The summed E-state index contributed by atoms with van der Waals surface area (Å²) in [5.41, 5.74) is 0.555. The fraction of sp³-hybridized carbons (Fsp3) is 0.375. The van der Waals surface area contributed by atoms with E-state index in [0.717, 1.165) is 12.8 Å². The molecule has 1 aromatic carbocycles. The summed E-state index contributed by atoms with van der Waals surface area (Å²) in [6.07, 6.45) is 6.65. The molecule has 1 aliphatic carbocycles. The zero-order valence-corrected chi connectivity index (χ0v) is 13.8. The largest absolute Gasteiger partial charge is 0.336 e. The van der Waals surface area contributed by atoms with Crippen LogP contribution in [0.3, 0.4) is 0 Å². The van der Waals surface area contributed by atoms with Gasteiger partial charge in [-0.25, -0.2) is 0 Å². The summed E-state index contributed by atoms with van der Waals surface area (Å²) in [5.74, 6) is 0.00475. The van der Waals surface area contributed by atoms with Crippen LogP contribution in [0.4, 0.5) is 5.69 Å². The minimum Gasteiger partial charge on any atom is -0.336 e. The molecule has 1 aliphatic rings. The number of hydrogen-bond acceptors (Lipinski definition) is 2. The third kappa shape index (κ3) is 4.75. The fourth-order valence-electron chi connectivity index (χ4n) is 2.32. The van der Waals surface area contributed by atoms with Gasteiger partial charge in [0.1, 0.15) is 0 Å². The summed E-state index contributed by atoms with van der Waals surface area (Å²) < 4.78 is 0. The molecule has 1 aromatic rings. The number of allylic oxidation sites excluding steroid dienone is 2. The van der Waals surface area contributed by atoms with Crippen molar-refractivity contribution in [3.63, 3.8) is 0 Å². The summed E-state index contributed by atoms with van der Waals surface area (Å²) in [7, 11) is 1.63. The first-order valence-electron chi connectivity index (χ1n) is 7.11. The highest BCUT2D eigenvalue weighted by Crippen LogP contribution is 2.25. The zero-order chi connectivity index (χ0) is 16.1. The number of hydrogen-bond donors (Lipinski definition) is 1. The van der Waals surface area contributed by atoms with E-state index in [1.165, 1.54) is 4.90 Å². The van der Waals surface area contributed by atoms with Crippen LogP contribution < -0.4 is 5.32 Å². The third-order valence-corrected chi connectivity index (χ3v) is 4.30. The topological polar surface area (TPSA) is 49.4 Å². The molecule has 2 amide bonds. The number of halogens is 2. The Kier molecular flexibility index (Phi) is 5.86. The minimum absolute atomic E-state index is 0.00944. The average molecular weight is 341 g/mol. The SMILES string of the molecule is CN(CC(=O)Nc1ccc(Cl)c(Cl)c1)C(=O)C[C@H]1C=CCC1. The first kappa shape index (κ1) is 16.8. The van der Waals surface area contributed by atoms with Crippen LogP contribution in [0.15, 0.2) is 30.4 Å². The van der Waals surface area contributed by atoms with E-state index in [1.807, 2.05) is 0 Å². The molecule has 1 N–H and O–H groups in total. The molecule has 2 rings (SSSR count). The van der Waals surface area contributed by atoms with E-state index in [1.54, 1.807) is 25.2 Å². The molecule has 0 aliphatic heterocycles. The van der Waals surface area contributed by atoms with Crippen molar-refractivity contribution in [1.29, 1.82) is 0 Å². The second kappa shape index (κ2) is 7.65. The van der Waals surface area contributed by atoms with Crippen molar-refractivity contribution in [2.75, 3.05) is 18.9 Å². The summed E-state index contributed by atoms with van der Waals surface area (Å²) in [4.78, 5) is 25.5. The highest BCUT2D eigenvalue weighted by molar-refractivity contribution is 6.42. The Morgan fingerprint density at radius 1 is 1.32 bits per heavy atom. The molecule has 4 nitrogen and oxygen atoms in total. The molecule has 0 aromatic heterocycles. The van der Waals surface area contributed by atoms with E-state index in [0.29, 0.717) is 28.1 Å². The smallest absolute Gasteiger partial charge is 0.243 e. The second-order valence-corrected chi connectivity index (χ2v) is 6.21. The quantitative estimate of drug-likeness (QED) is 0.830. The van der Waals surface area contributed by atoms with E-state index < -0.39 is 0 Å². The van der Waals surface area contributed by atoms with E-state index in [2.05, 4.69) is 17.5 Å². The minimum atomic E-state index is -0.267. The molecule has 0 bridgehead atoms. The first-order chi connectivity index (χ1) is 10.5. The van der Waals surface area contributed by atoms with Crippen LogP contribution in [0.1, 0.15) is 19.3 Å². The monoisotopic (exact) mass is 340 g/mol. The van der Waals surface area contributed by atoms with E-state index in [9.17, 15) is 9.59 Å². The van der Waals surface area contributed by atoms with Crippen LogP contribution in [0.2, 0.25) is 10.0 Å². The Hall–Kier alpha value is -1.52. The molecular weight excluding hydrogens is 323 g/mol. The van der Waals surface area contributed by atoms with Crippen LogP contribution in [-0.2, 0) is 9.59 Å². The normalized spacial score (nSPS) is 16.6. The molecule has 0 radical (unpaired) electrons. The number of nitrogens with one attached hydrogen (secondary N) is 1. The van der Waals surface area contributed by atoms with Crippen molar-refractivity contribution < 1.29 is 9.59 Å². The molecule has 0 saturated carbocycles. The first-order valence-corrected chi connectivity index (χ1v) is 7.87. The standard InChI is InChI=1S/C16H18Cl2N2O2/c1-20(16(22)8-11-4-2-3-5-11)10-15(21)19-12-6-7-13(17)14(18)9-12/h2,4,6-7,9,11H,3,5,8,10H2,1H3,(H,19,21)/t11-/m0/s1. The van der Waals surface area contributed by atoms with Gasteiger partial charge < -0.3 is 10.2 Å². The molecule has 6 heteroatoms. The van der Waals surface area contributed by atoms with Gasteiger partial charge in [0.15, 0.2) is 0 Å². The molecule has 22 heavy (non-hydrogen) atoms.